The van der Waals surface area contributed by atoms with Crippen molar-refractivity contribution in [3.8, 4) is 0 Å². The van der Waals surface area contributed by atoms with E-state index in [0.717, 1.165) is 0 Å². The molecule has 6 heteroatoms. The van der Waals surface area contributed by atoms with Gasteiger partial charge in [0.05, 0.1) is 11.8 Å². The van der Waals surface area contributed by atoms with Gasteiger partial charge in [0.1, 0.15) is 0 Å². The molecule has 0 aromatic heterocycles. The maximum Gasteiger partial charge on any atom is 0.306 e. The van der Waals surface area contributed by atoms with Crippen molar-refractivity contribution in [2.45, 2.75) is 38.6 Å². The molecule has 2 N–H and O–H groups in total. The summed E-state index contributed by atoms with van der Waals surface area (Å²) in [6.45, 7) is 3.01. The summed E-state index contributed by atoms with van der Waals surface area (Å²) in [5, 5.41) is 11.8. The van der Waals surface area contributed by atoms with Crippen molar-refractivity contribution < 1.29 is 19.5 Å². The van der Waals surface area contributed by atoms with E-state index in [1.165, 1.54) is 0 Å². The van der Waals surface area contributed by atoms with Crippen LogP contribution in [0.3, 0.4) is 0 Å². The lowest BCUT2D eigenvalue weighted by molar-refractivity contribution is -0.141. The number of carbonyl (C=O) groups excluding carboxylic acids is 2. The maximum atomic E-state index is 12.0. The minimum absolute atomic E-state index is 0.0254. The summed E-state index contributed by atoms with van der Waals surface area (Å²) in [6.07, 6.45) is 2.10. The molecule has 0 aromatic rings. The Labute approximate surface area is 112 Å². The Kier molecular flexibility index (Phi) is 4.07. The zero-order valence-corrected chi connectivity index (χ0v) is 11.1. The molecule has 0 spiro atoms. The van der Waals surface area contributed by atoms with Crippen LogP contribution in [0.25, 0.3) is 0 Å². The monoisotopic (exact) mass is 268 g/mol. The SMILES string of the molecule is CCN1CC(C(=O)NC2CCC(C(=O)O)C2)CC1=O. The first-order valence-electron chi connectivity index (χ1n) is 6.82. The van der Waals surface area contributed by atoms with Crippen molar-refractivity contribution in [1.82, 2.24) is 10.2 Å². The van der Waals surface area contributed by atoms with Crippen LogP contribution >= 0.6 is 0 Å². The smallest absolute Gasteiger partial charge is 0.306 e. The van der Waals surface area contributed by atoms with E-state index in [1.54, 1.807) is 4.90 Å². The number of carboxylic acid groups (broad SMARTS) is 1. The number of amides is 2. The topological polar surface area (TPSA) is 86.7 Å². The van der Waals surface area contributed by atoms with Crippen LogP contribution in [0.5, 0.6) is 0 Å². The summed E-state index contributed by atoms with van der Waals surface area (Å²) in [5.74, 6) is -1.50. The highest BCUT2D eigenvalue weighted by atomic mass is 16.4. The molecule has 3 atom stereocenters. The van der Waals surface area contributed by atoms with Gasteiger partial charge < -0.3 is 15.3 Å². The van der Waals surface area contributed by atoms with Crippen LogP contribution < -0.4 is 5.32 Å². The molecule has 1 saturated heterocycles. The van der Waals surface area contributed by atoms with Gasteiger partial charge in [-0.25, -0.2) is 0 Å². The summed E-state index contributed by atoms with van der Waals surface area (Å²) in [6, 6.07) is -0.0561. The number of nitrogens with one attached hydrogen (secondary N) is 1. The lowest BCUT2D eigenvalue weighted by Gasteiger charge is -2.16. The number of hydrogen-bond donors (Lipinski definition) is 2. The lowest BCUT2D eigenvalue weighted by Crippen LogP contribution is -2.38. The van der Waals surface area contributed by atoms with Crippen LogP contribution in [-0.2, 0) is 14.4 Å². The summed E-state index contributed by atoms with van der Waals surface area (Å²) >= 11 is 0. The third-order valence-corrected chi connectivity index (χ3v) is 4.10. The van der Waals surface area contributed by atoms with Crippen molar-refractivity contribution in [2.24, 2.45) is 11.8 Å². The largest absolute Gasteiger partial charge is 0.481 e. The Bertz CT molecular complexity index is 396. The molecule has 0 bridgehead atoms. The summed E-state index contributed by atoms with van der Waals surface area (Å²) in [5.41, 5.74) is 0. The number of hydrogen-bond acceptors (Lipinski definition) is 3. The molecule has 1 aliphatic heterocycles. The van der Waals surface area contributed by atoms with Gasteiger partial charge in [0.25, 0.3) is 0 Å². The molecule has 6 nitrogen and oxygen atoms in total. The minimum Gasteiger partial charge on any atom is -0.481 e. The zero-order chi connectivity index (χ0) is 14.0. The standard InChI is InChI=1S/C13H20N2O4/c1-2-15-7-9(6-11(15)16)12(17)14-10-4-3-8(5-10)13(18)19/h8-10H,2-7H2,1H3,(H,14,17)(H,18,19). The quantitative estimate of drug-likeness (QED) is 0.764. The van der Waals surface area contributed by atoms with E-state index in [2.05, 4.69) is 5.32 Å². The Morgan fingerprint density at radius 1 is 1.37 bits per heavy atom. The van der Waals surface area contributed by atoms with E-state index < -0.39 is 5.97 Å². The average molecular weight is 268 g/mol. The van der Waals surface area contributed by atoms with E-state index in [9.17, 15) is 14.4 Å². The fourth-order valence-corrected chi connectivity index (χ4v) is 2.91. The second kappa shape index (κ2) is 5.59. The Balaban J connectivity index is 1.83. The van der Waals surface area contributed by atoms with Gasteiger partial charge in [-0.1, -0.05) is 0 Å². The first-order chi connectivity index (χ1) is 9.01. The van der Waals surface area contributed by atoms with Crippen molar-refractivity contribution >= 4 is 17.8 Å². The number of rotatable bonds is 4. The molecule has 0 aromatic carbocycles. The van der Waals surface area contributed by atoms with Gasteiger partial charge >= 0.3 is 5.97 Å². The Hall–Kier alpha value is -1.59. The zero-order valence-electron chi connectivity index (χ0n) is 11.1. The maximum absolute atomic E-state index is 12.0. The van der Waals surface area contributed by atoms with Crippen LogP contribution in [0.2, 0.25) is 0 Å². The molecule has 2 amide bonds. The average Bonchev–Trinajstić information content (AvgIpc) is 2.95. The third-order valence-electron chi connectivity index (χ3n) is 4.10. The molecular formula is C13H20N2O4. The van der Waals surface area contributed by atoms with Gasteiger partial charge in [0.15, 0.2) is 0 Å². The Morgan fingerprint density at radius 2 is 2.11 bits per heavy atom. The summed E-state index contributed by atoms with van der Waals surface area (Å²) in [4.78, 5) is 36.1. The molecule has 1 aliphatic carbocycles. The summed E-state index contributed by atoms with van der Waals surface area (Å²) < 4.78 is 0. The number of aliphatic carboxylic acids is 1. The van der Waals surface area contributed by atoms with E-state index in [4.69, 9.17) is 5.11 Å². The van der Waals surface area contributed by atoms with E-state index >= 15 is 0 Å². The molecule has 3 unspecified atom stereocenters. The van der Waals surface area contributed by atoms with Crippen LogP contribution in [0, 0.1) is 11.8 Å². The van der Waals surface area contributed by atoms with E-state index in [0.29, 0.717) is 32.4 Å². The third kappa shape index (κ3) is 3.05. The highest BCUT2D eigenvalue weighted by Gasteiger charge is 2.36. The molecule has 1 heterocycles. The highest BCUT2D eigenvalue weighted by Crippen LogP contribution is 2.26. The predicted octanol–water partition coefficient (Wildman–Crippen LogP) is 0.224. The van der Waals surface area contributed by atoms with Gasteiger partial charge in [-0.3, -0.25) is 14.4 Å². The second-order valence-electron chi connectivity index (χ2n) is 5.39. The molecule has 1 saturated carbocycles. The Morgan fingerprint density at radius 3 is 2.63 bits per heavy atom. The van der Waals surface area contributed by atoms with Crippen LogP contribution in [0.4, 0.5) is 0 Å². The van der Waals surface area contributed by atoms with Gasteiger partial charge in [-0.15, -0.1) is 0 Å². The summed E-state index contributed by atoms with van der Waals surface area (Å²) in [7, 11) is 0. The molecule has 19 heavy (non-hydrogen) atoms. The van der Waals surface area contributed by atoms with Crippen molar-refractivity contribution in [2.75, 3.05) is 13.1 Å². The minimum atomic E-state index is -0.787. The van der Waals surface area contributed by atoms with Gasteiger partial charge in [-0.05, 0) is 26.2 Å². The van der Waals surface area contributed by atoms with Gasteiger partial charge in [-0.2, -0.15) is 0 Å². The van der Waals surface area contributed by atoms with Crippen molar-refractivity contribution in [1.29, 1.82) is 0 Å². The van der Waals surface area contributed by atoms with E-state index in [-0.39, 0.29) is 36.1 Å². The number of carbonyl (C=O) groups is 3. The van der Waals surface area contributed by atoms with Crippen LogP contribution in [0.1, 0.15) is 32.6 Å². The fraction of sp³-hybridized carbons (Fsp3) is 0.769. The number of nitrogens with zero attached hydrogens (tertiary/aromatic N) is 1. The molecule has 0 radical (unpaired) electrons. The lowest BCUT2D eigenvalue weighted by atomic mass is 10.1. The normalized spacial score (nSPS) is 30.7. The number of likely N-dealkylation sites (tertiary alicyclic amines) is 1. The van der Waals surface area contributed by atoms with Crippen molar-refractivity contribution in [3.05, 3.63) is 0 Å². The van der Waals surface area contributed by atoms with Gasteiger partial charge in [0, 0.05) is 25.6 Å². The first-order valence-corrected chi connectivity index (χ1v) is 6.82. The molecule has 2 rings (SSSR count). The number of carboxylic acids is 1. The van der Waals surface area contributed by atoms with Gasteiger partial charge in [0.2, 0.25) is 11.8 Å². The highest BCUT2D eigenvalue weighted by molar-refractivity contribution is 5.89. The molecule has 2 fully saturated rings. The first kappa shape index (κ1) is 13.8. The second-order valence-corrected chi connectivity index (χ2v) is 5.39. The van der Waals surface area contributed by atoms with Crippen LogP contribution in [-0.4, -0.2) is 46.9 Å². The van der Waals surface area contributed by atoms with Crippen LogP contribution in [0.15, 0.2) is 0 Å². The fourth-order valence-electron chi connectivity index (χ4n) is 2.91. The molecular weight excluding hydrogens is 248 g/mol. The molecule has 106 valence electrons. The van der Waals surface area contributed by atoms with Crippen molar-refractivity contribution in [3.63, 3.8) is 0 Å². The predicted molar refractivity (Wildman–Crippen MR) is 67.3 cm³/mol. The van der Waals surface area contributed by atoms with E-state index in [1.807, 2.05) is 6.92 Å². The molecule has 2 aliphatic rings.